The van der Waals surface area contributed by atoms with Gasteiger partial charge in [0.1, 0.15) is 5.82 Å². The number of hydrogen-bond donors (Lipinski definition) is 0. The van der Waals surface area contributed by atoms with Crippen molar-refractivity contribution in [3.63, 3.8) is 0 Å². The molecule has 0 bridgehead atoms. The Morgan fingerprint density at radius 3 is 2.79 bits per heavy atom. The van der Waals surface area contributed by atoms with E-state index in [0.717, 1.165) is 11.5 Å². The Bertz CT molecular complexity index is 672. The van der Waals surface area contributed by atoms with E-state index in [-0.39, 0.29) is 12.5 Å². The second kappa shape index (κ2) is 4.46. The van der Waals surface area contributed by atoms with Gasteiger partial charge in [0.05, 0.1) is 5.69 Å². The topological polar surface area (TPSA) is 58.3 Å². The lowest BCUT2D eigenvalue weighted by atomic mass is 10.2. The fourth-order valence-electron chi connectivity index (χ4n) is 2.17. The van der Waals surface area contributed by atoms with E-state index in [1.807, 2.05) is 32.0 Å². The standard InChI is InChI=1S/C13H15N3O3/c1-3-12-14-15(4-2)13(17)16(12)9-5-6-10-11(7-9)19-8-18-10/h5-7H,3-4,8H2,1-2H3. The van der Waals surface area contributed by atoms with Crippen LogP contribution in [0.25, 0.3) is 5.69 Å². The Morgan fingerprint density at radius 2 is 2.05 bits per heavy atom. The molecule has 6 nitrogen and oxygen atoms in total. The van der Waals surface area contributed by atoms with Crippen molar-refractivity contribution in [1.29, 1.82) is 0 Å². The zero-order valence-corrected chi connectivity index (χ0v) is 10.9. The van der Waals surface area contributed by atoms with E-state index < -0.39 is 0 Å². The molecule has 3 rings (SSSR count). The van der Waals surface area contributed by atoms with Crippen LogP contribution in [0.4, 0.5) is 0 Å². The van der Waals surface area contributed by atoms with Crippen molar-refractivity contribution in [2.75, 3.05) is 6.79 Å². The van der Waals surface area contributed by atoms with E-state index in [2.05, 4.69) is 5.10 Å². The van der Waals surface area contributed by atoms with Crippen LogP contribution in [0.3, 0.4) is 0 Å². The third-order valence-corrected chi connectivity index (χ3v) is 3.14. The van der Waals surface area contributed by atoms with Crippen LogP contribution in [0.1, 0.15) is 19.7 Å². The molecule has 0 saturated heterocycles. The molecule has 2 heterocycles. The lowest BCUT2D eigenvalue weighted by Gasteiger charge is -2.05. The lowest BCUT2D eigenvalue weighted by Crippen LogP contribution is -2.23. The van der Waals surface area contributed by atoms with Gasteiger partial charge in [0, 0.05) is 19.0 Å². The van der Waals surface area contributed by atoms with Gasteiger partial charge in [-0.25, -0.2) is 14.0 Å². The Kier molecular flexibility index (Phi) is 2.77. The molecule has 0 saturated carbocycles. The van der Waals surface area contributed by atoms with Crippen LogP contribution in [0, 0.1) is 0 Å². The van der Waals surface area contributed by atoms with Crippen LogP contribution in [-0.4, -0.2) is 21.1 Å². The lowest BCUT2D eigenvalue weighted by molar-refractivity contribution is 0.174. The molecule has 1 aromatic carbocycles. The number of ether oxygens (including phenoxy) is 2. The minimum atomic E-state index is -0.127. The number of fused-ring (bicyclic) bond motifs is 1. The molecule has 0 spiro atoms. The van der Waals surface area contributed by atoms with E-state index in [9.17, 15) is 4.79 Å². The van der Waals surface area contributed by atoms with E-state index in [4.69, 9.17) is 9.47 Å². The van der Waals surface area contributed by atoms with Crippen molar-refractivity contribution in [2.45, 2.75) is 26.8 Å². The number of rotatable bonds is 3. The van der Waals surface area contributed by atoms with Gasteiger partial charge in [0.2, 0.25) is 6.79 Å². The molecule has 0 amide bonds. The highest BCUT2D eigenvalue weighted by Gasteiger charge is 2.17. The van der Waals surface area contributed by atoms with Crippen molar-refractivity contribution in [3.05, 3.63) is 34.5 Å². The molecule has 0 aliphatic carbocycles. The summed E-state index contributed by atoms with van der Waals surface area (Å²) in [4.78, 5) is 12.3. The maximum Gasteiger partial charge on any atom is 0.350 e. The number of nitrogens with zero attached hydrogens (tertiary/aromatic N) is 3. The summed E-state index contributed by atoms with van der Waals surface area (Å²) in [7, 11) is 0. The molecular formula is C13H15N3O3. The minimum absolute atomic E-state index is 0.127. The summed E-state index contributed by atoms with van der Waals surface area (Å²) >= 11 is 0. The molecule has 0 atom stereocenters. The van der Waals surface area contributed by atoms with Crippen molar-refractivity contribution in [1.82, 2.24) is 14.3 Å². The molecule has 19 heavy (non-hydrogen) atoms. The molecule has 0 radical (unpaired) electrons. The quantitative estimate of drug-likeness (QED) is 0.836. The molecular weight excluding hydrogens is 246 g/mol. The van der Waals surface area contributed by atoms with Gasteiger partial charge in [0.25, 0.3) is 0 Å². The van der Waals surface area contributed by atoms with Crippen molar-refractivity contribution >= 4 is 0 Å². The predicted octanol–water partition coefficient (Wildman–Crippen LogP) is 1.34. The van der Waals surface area contributed by atoms with Gasteiger partial charge in [-0.15, -0.1) is 0 Å². The van der Waals surface area contributed by atoms with Gasteiger partial charge in [-0.2, -0.15) is 5.10 Å². The molecule has 0 fully saturated rings. The summed E-state index contributed by atoms with van der Waals surface area (Å²) in [5.41, 5.74) is 0.629. The maximum atomic E-state index is 12.3. The second-order valence-electron chi connectivity index (χ2n) is 4.24. The number of aromatic nitrogens is 3. The summed E-state index contributed by atoms with van der Waals surface area (Å²) < 4.78 is 13.7. The Labute approximate surface area is 110 Å². The number of aryl methyl sites for hydroxylation is 2. The zero-order chi connectivity index (χ0) is 13.4. The normalized spacial score (nSPS) is 12.9. The first-order valence-electron chi connectivity index (χ1n) is 6.33. The largest absolute Gasteiger partial charge is 0.454 e. The maximum absolute atomic E-state index is 12.3. The SMILES string of the molecule is CCc1nn(CC)c(=O)n1-c1ccc2c(c1)OCO2. The van der Waals surface area contributed by atoms with Crippen molar-refractivity contribution in [2.24, 2.45) is 0 Å². The summed E-state index contributed by atoms with van der Waals surface area (Å²) in [6, 6.07) is 5.47. The molecule has 1 aliphatic heterocycles. The molecule has 100 valence electrons. The first kappa shape index (κ1) is 11.8. The Morgan fingerprint density at radius 1 is 1.26 bits per heavy atom. The zero-order valence-electron chi connectivity index (χ0n) is 10.9. The predicted molar refractivity (Wildman–Crippen MR) is 69.0 cm³/mol. The summed E-state index contributed by atoms with van der Waals surface area (Å²) in [5, 5.41) is 4.31. The molecule has 1 aromatic heterocycles. The fourth-order valence-corrected chi connectivity index (χ4v) is 2.17. The molecule has 0 unspecified atom stereocenters. The third kappa shape index (κ3) is 1.80. The molecule has 1 aliphatic rings. The van der Waals surface area contributed by atoms with E-state index >= 15 is 0 Å². The second-order valence-corrected chi connectivity index (χ2v) is 4.24. The van der Waals surface area contributed by atoms with Gasteiger partial charge < -0.3 is 9.47 Å². The highest BCUT2D eigenvalue weighted by molar-refractivity contribution is 5.50. The fraction of sp³-hybridized carbons (Fsp3) is 0.385. The van der Waals surface area contributed by atoms with E-state index in [1.165, 1.54) is 4.68 Å². The average Bonchev–Trinajstić information content (AvgIpc) is 3.01. The van der Waals surface area contributed by atoms with Gasteiger partial charge in [0.15, 0.2) is 11.5 Å². The Balaban J connectivity index is 2.16. The van der Waals surface area contributed by atoms with Gasteiger partial charge in [-0.1, -0.05) is 6.92 Å². The minimum Gasteiger partial charge on any atom is -0.454 e. The van der Waals surface area contributed by atoms with Crippen LogP contribution in [0.2, 0.25) is 0 Å². The van der Waals surface area contributed by atoms with Crippen LogP contribution >= 0.6 is 0 Å². The highest BCUT2D eigenvalue weighted by atomic mass is 16.7. The Hall–Kier alpha value is -2.24. The van der Waals surface area contributed by atoms with E-state index in [0.29, 0.717) is 24.5 Å². The number of hydrogen-bond acceptors (Lipinski definition) is 4. The summed E-state index contributed by atoms with van der Waals surface area (Å²) in [5.74, 6) is 2.11. The van der Waals surface area contributed by atoms with Crippen molar-refractivity contribution < 1.29 is 9.47 Å². The number of benzene rings is 1. The molecule has 2 aromatic rings. The molecule has 6 heteroatoms. The highest BCUT2D eigenvalue weighted by Crippen LogP contribution is 2.33. The molecule has 0 N–H and O–H groups in total. The van der Waals surface area contributed by atoms with Crippen LogP contribution < -0.4 is 15.2 Å². The van der Waals surface area contributed by atoms with Crippen molar-refractivity contribution in [3.8, 4) is 17.2 Å². The average molecular weight is 261 g/mol. The van der Waals surface area contributed by atoms with Crippen LogP contribution in [0.15, 0.2) is 23.0 Å². The monoisotopic (exact) mass is 261 g/mol. The first-order chi connectivity index (χ1) is 9.24. The summed E-state index contributed by atoms with van der Waals surface area (Å²) in [6.07, 6.45) is 0.691. The van der Waals surface area contributed by atoms with Gasteiger partial charge >= 0.3 is 5.69 Å². The third-order valence-electron chi connectivity index (χ3n) is 3.14. The first-order valence-corrected chi connectivity index (χ1v) is 6.33. The van der Waals surface area contributed by atoms with Crippen LogP contribution in [0.5, 0.6) is 11.5 Å². The van der Waals surface area contributed by atoms with Gasteiger partial charge in [-0.05, 0) is 19.1 Å². The van der Waals surface area contributed by atoms with E-state index in [1.54, 1.807) is 4.57 Å². The van der Waals surface area contributed by atoms with Gasteiger partial charge in [-0.3, -0.25) is 0 Å². The smallest absolute Gasteiger partial charge is 0.350 e. The summed E-state index contributed by atoms with van der Waals surface area (Å²) in [6.45, 7) is 4.66. The van der Waals surface area contributed by atoms with Crippen LogP contribution in [-0.2, 0) is 13.0 Å².